The average Bonchev–Trinajstić information content (AvgIpc) is 3.16. The van der Waals surface area contributed by atoms with Crippen LogP contribution in [0.5, 0.6) is 11.5 Å². The van der Waals surface area contributed by atoms with Crippen molar-refractivity contribution in [1.29, 1.82) is 0 Å². The molecule has 0 spiro atoms. The van der Waals surface area contributed by atoms with E-state index in [9.17, 15) is 4.79 Å². The van der Waals surface area contributed by atoms with E-state index in [2.05, 4.69) is 15.6 Å². The first kappa shape index (κ1) is 21.1. The molecule has 2 aromatic rings. The van der Waals surface area contributed by atoms with Crippen LogP contribution >= 0.6 is 0 Å². The van der Waals surface area contributed by atoms with Crippen LogP contribution in [0.25, 0.3) is 0 Å². The molecule has 0 aliphatic rings. The van der Waals surface area contributed by atoms with Crippen LogP contribution in [0.2, 0.25) is 0 Å². The molecular formula is C20H28N4O4. The molecule has 0 fully saturated rings. The molecule has 0 aliphatic heterocycles. The van der Waals surface area contributed by atoms with E-state index >= 15 is 0 Å². The number of rotatable bonds is 10. The Morgan fingerprint density at radius 3 is 2.50 bits per heavy atom. The summed E-state index contributed by atoms with van der Waals surface area (Å²) in [6, 6.07) is 9.22. The third-order valence-electron chi connectivity index (χ3n) is 3.87. The average molecular weight is 388 g/mol. The summed E-state index contributed by atoms with van der Waals surface area (Å²) in [5.41, 5.74) is 6.31. The van der Waals surface area contributed by atoms with E-state index in [1.54, 1.807) is 19.2 Å². The summed E-state index contributed by atoms with van der Waals surface area (Å²) < 4.78 is 16.6. The van der Waals surface area contributed by atoms with Gasteiger partial charge < -0.3 is 30.3 Å². The minimum Gasteiger partial charge on any atom is -0.490 e. The zero-order chi connectivity index (χ0) is 20.4. The Balaban J connectivity index is 1.84. The molecule has 0 unspecified atom stereocenters. The van der Waals surface area contributed by atoms with Crippen LogP contribution in [0.4, 0.5) is 0 Å². The number of hydrogen-bond acceptors (Lipinski definition) is 5. The van der Waals surface area contributed by atoms with Crippen molar-refractivity contribution in [1.82, 2.24) is 10.6 Å². The molecule has 28 heavy (non-hydrogen) atoms. The van der Waals surface area contributed by atoms with Gasteiger partial charge in [-0.25, -0.2) is 0 Å². The predicted molar refractivity (Wildman–Crippen MR) is 108 cm³/mol. The SMILES string of the molecule is CCOc1ccc(CCNC(=NC)NCc2ccc(C(N)=O)o2)cc1OCC. The first-order valence-corrected chi connectivity index (χ1v) is 9.28. The molecule has 0 saturated heterocycles. The number of carbonyl (C=O) groups is 1. The number of carbonyl (C=O) groups excluding carboxylic acids is 1. The molecule has 0 saturated carbocycles. The second-order valence-corrected chi connectivity index (χ2v) is 5.88. The van der Waals surface area contributed by atoms with Crippen molar-refractivity contribution in [2.24, 2.45) is 10.7 Å². The summed E-state index contributed by atoms with van der Waals surface area (Å²) in [6.07, 6.45) is 0.791. The number of amides is 1. The highest BCUT2D eigenvalue weighted by Gasteiger charge is 2.08. The Labute approximate surface area is 165 Å². The third-order valence-corrected chi connectivity index (χ3v) is 3.87. The number of nitrogens with one attached hydrogen (secondary N) is 2. The van der Waals surface area contributed by atoms with Crippen molar-refractivity contribution in [3.05, 3.63) is 47.4 Å². The number of nitrogens with two attached hydrogens (primary N) is 1. The van der Waals surface area contributed by atoms with Crippen LogP contribution in [-0.2, 0) is 13.0 Å². The molecule has 0 atom stereocenters. The van der Waals surface area contributed by atoms with E-state index in [0.29, 0.717) is 38.0 Å². The Morgan fingerprint density at radius 2 is 1.86 bits per heavy atom. The summed E-state index contributed by atoms with van der Waals surface area (Å²) in [4.78, 5) is 15.2. The van der Waals surface area contributed by atoms with Gasteiger partial charge in [-0.1, -0.05) is 6.07 Å². The Hall–Kier alpha value is -3.16. The fourth-order valence-corrected chi connectivity index (χ4v) is 2.57. The van der Waals surface area contributed by atoms with Gasteiger partial charge in [0.2, 0.25) is 0 Å². The quantitative estimate of drug-likeness (QED) is 0.424. The van der Waals surface area contributed by atoms with Gasteiger partial charge in [-0.15, -0.1) is 0 Å². The van der Waals surface area contributed by atoms with Crippen LogP contribution in [0.3, 0.4) is 0 Å². The van der Waals surface area contributed by atoms with Crippen molar-refractivity contribution in [2.45, 2.75) is 26.8 Å². The van der Waals surface area contributed by atoms with Crippen LogP contribution in [0.1, 0.15) is 35.7 Å². The van der Waals surface area contributed by atoms with Crippen LogP contribution < -0.4 is 25.8 Å². The van der Waals surface area contributed by atoms with E-state index in [4.69, 9.17) is 19.6 Å². The topological polar surface area (TPSA) is 111 Å². The molecule has 0 radical (unpaired) electrons. The third kappa shape index (κ3) is 6.22. The van der Waals surface area contributed by atoms with Gasteiger partial charge in [0.05, 0.1) is 19.8 Å². The van der Waals surface area contributed by atoms with Gasteiger partial charge in [0, 0.05) is 13.6 Å². The monoisotopic (exact) mass is 388 g/mol. The van der Waals surface area contributed by atoms with Crippen molar-refractivity contribution in [2.75, 3.05) is 26.8 Å². The van der Waals surface area contributed by atoms with E-state index < -0.39 is 5.91 Å². The number of primary amides is 1. The van der Waals surface area contributed by atoms with Gasteiger partial charge in [-0.2, -0.15) is 0 Å². The molecule has 1 heterocycles. The maximum absolute atomic E-state index is 11.1. The van der Waals surface area contributed by atoms with Crippen molar-refractivity contribution in [3.63, 3.8) is 0 Å². The van der Waals surface area contributed by atoms with E-state index in [1.165, 1.54) is 0 Å². The first-order chi connectivity index (χ1) is 13.6. The summed E-state index contributed by atoms with van der Waals surface area (Å²) in [5.74, 6) is 2.30. The highest BCUT2D eigenvalue weighted by atomic mass is 16.5. The normalized spacial score (nSPS) is 11.2. The maximum atomic E-state index is 11.1. The number of guanidine groups is 1. The lowest BCUT2D eigenvalue weighted by atomic mass is 10.1. The lowest BCUT2D eigenvalue weighted by Crippen LogP contribution is -2.37. The first-order valence-electron chi connectivity index (χ1n) is 9.28. The molecule has 2 rings (SSSR count). The predicted octanol–water partition coefficient (Wildman–Crippen LogP) is 2.08. The van der Waals surface area contributed by atoms with Gasteiger partial charge in [0.15, 0.2) is 23.2 Å². The Morgan fingerprint density at radius 1 is 1.11 bits per heavy atom. The smallest absolute Gasteiger partial charge is 0.284 e. The zero-order valence-electron chi connectivity index (χ0n) is 16.6. The lowest BCUT2D eigenvalue weighted by Gasteiger charge is -2.14. The van der Waals surface area contributed by atoms with E-state index in [0.717, 1.165) is 23.5 Å². The second kappa shape index (κ2) is 10.9. The number of hydrogen-bond donors (Lipinski definition) is 3. The van der Waals surface area contributed by atoms with Crippen LogP contribution in [-0.4, -0.2) is 38.7 Å². The van der Waals surface area contributed by atoms with E-state index in [-0.39, 0.29) is 5.76 Å². The molecule has 1 amide bonds. The Kier molecular flexibility index (Phi) is 8.20. The molecule has 1 aromatic carbocycles. The summed E-state index contributed by atoms with van der Waals surface area (Å²) in [7, 11) is 1.69. The molecule has 4 N–H and O–H groups in total. The van der Waals surface area contributed by atoms with Gasteiger partial charge in [-0.3, -0.25) is 9.79 Å². The zero-order valence-corrected chi connectivity index (χ0v) is 16.6. The molecule has 8 heteroatoms. The van der Waals surface area contributed by atoms with Crippen LogP contribution in [0, 0.1) is 0 Å². The number of furan rings is 1. The highest BCUT2D eigenvalue weighted by Crippen LogP contribution is 2.28. The lowest BCUT2D eigenvalue weighted by molar-refractivity contribution is 0.0972. The second-order valence-electron chi connectivity index (χ2n) is 5.88. The van der Waals surface area contributed by atoms with Crippen LogP contribution in [0.15, 0.2) is 39.7 Å². The van der Waals surface area contributed by atoms with Gasteiger partial charge in [0.25, 0.3) is 5.91 Å². The van der Waals surface area contributed by atoms with Gasteiger partial charge in [0.1, 0.15) is 5.76 Å². The number of nitrogens with zero attached hydrogens (tertiary/aromatic N) is 1. The summed E-state index contributed by atoms with van der Waals surface area (Å²) in [5, 5.41) is 6.37. The fraction of sp³-hybridized carbons (Fsp3) is 0.400. The number of benzene rings is 1. The van der Waals surface area contributed by atoms with Crippen molar-refractivity contribution < 1.29 is 18.7 Å². The number of aliphatic imine (C=N–C) groups is 1. The molecule has 8 nitrogen and oxygen atoms in total. The summed E-state index contributed by atoms with van der Waals surface area (Å²) >= 11 is 0. The minimum absolute atomic E-state index is 0.139. The molecular weight excluding hydrogens is 360 g/mol. The minimum atomic E-state index is -0.587. The van der Waals surface area contributed by atoms with Gasteiger partial charge in [-0.05, 0) is 50.1 Å². The molecule has 0 bridgehead atoms. The van der Waals surface area contributed by atoms with Crippen molar-refractivity contribution >= 4 is 11.9 Å². The molecule has 0 aliphatic carbocycles. The largest absolute Gasteiger partial charge is 0.490 e. The maximum Gasteiger partial charge on any atom is 0.284 e. The standard InChI is InChI=1S/C20H28N4O4/c1-4-26-16-8-6-14(12-18(16)27-5-2)10-11-23-20(22-3)24-13-15-7-9-17(28-15)19(21)25/h6-9,12H,4-5,10-11,13H2,1-3H3,(H2,21,25)(H2,22,23,24). The summed E-state index contributed by atoms with van der Waals surface area (Å²) in [6.45, 7) is 6.16. The van der Waals surface area contributed by atoms with E-state index in [1.807, 2.05) is 32.0 Å². The molecule has 1 aromatic heterocycles. The highest BCUT2D eigenvalue weighted by molar-refractivity contribution is 5.89. The fourth-order valence-electron chi connectivity index (χ4n) is 2.57. The Bertz CT molecular complexity index is 801. The van der Waals surface area contributed by atoms with Gasteiger partial charge >= 0.3 is 0 Å². The molecule has 152 valence electrons. The number of ether oxygens (including phenoxy) is 2. The van der Waals surface area contributed by atoms with Crippen molar-refractivity contribution in [3.8, 4) is 11.5 Å².